The Balaban J connectivity index is 2.51. The van der Waals surface area contributed by atoms with Gasteiger partial charge in [0.1, 0.15) is 11.9 Å². The van der Waals surface area contributed by atoms with Crippen molar-refractivity contribution < 1.29 is 4.74 Å². The Morgan fingerprint density at radius 3 is 2.62 bits per heavy atom. The molecule has 0 aliphatic rings. The fraction of sp³-hybridized carbons (Fsp3) is 0.333. The molecule has 1 rings (SSSR count). The summed E-state index contributed by atoms with van der Waals surface area (Å²) in [6.45, 7) is 5.83. The lowest BCUT2D eigenvalue weighted by atomic mass is 10.2. The highest BCUT2D eigenvalue weighted by molar-refractivity contribution is 5.21. The van der Waals surface area contributed by atoms with E-state index in [1.807, 2.05) is 36.4 Å². The smallest absolute Gasteiger partial charge is 0.119 e. The second-order valence-corrected chi connectivity index (χ2v) is 2.99. The van der Waals surface area contributed by atoms with Crippen LogP contribution in [0.3, 0.4) is 0 Å². The van der Waals surface area contributed by atoms with Gasteiger partial charge in [0.15, 0.2) is 0 Å². The number of ether oxygens (including phenoxy) is 1. The van der Waals surface area contributed by atoms with E-state index in [0.717, 1.165) is 18.6 Å². The molecule has 0 spiro atoms. The van der Waals surface area contributed by atoms with Gasteiger partial charge in [0.05, 0.1) is 0 Å². The Morgan fingerprint density at radius 1 is 1.38 bits per heavy atom. The highest BCUT2D eigenvalue weighted by Crippen LogP contribution is 2.14. The summed E-state index contributed by atoms with van der Waals surface area (Å²) in [6, 6.07) is 9.91. The Bertz CT molecular complexity index is 241. The monoisotopic (exact) mass is 176 g/mol. The zero-order valence-corrected chi connectivity index (χ0v) is 8.07. The number of rotatable bonds is 5. The van der Waals surface area contributed by atoms with Crippen LogP contribution in [0.4, 0.5) is 0 Å². The van der Waals surface area contributed by atoms with Crippen molar-refractivity contribution in [1.29, 1.82) is 0 Å². The molecule has 0 fully saturated rings. The molecule has 0 saturated heterocycles. The van der Waals surface area contributed by atoms with E-state index in [9.17, 15) is 0 Å². The first kappa shape index (κ1) is 9.85. The van der Waals surface area contributed by atoms with Crippen molar-refractivity contribution in [2.24, 2.45) is 0 Å². The summed E-state index contributed by atoms with van der Waals surface area (Å²) in [5, 5.41) is 0. The van der Waals surface area contributed by atoms with Gasteiger partial charge in [-0.15, -0.1) is 6.58 Å². The van der Waals surface area contributed by atoms with Crippen LogP contribution in [0, 0.1) is 0 Å². The largest absolute Gasteiger partial charge is 0.490 e. The van der Waals surface area contributed by atoms with Crippen molar-refractivity contribution in [1.82, 2.24) is 0 Å². The second kappa shape index (κ2) is 5.41. The van der Waals surface area contributed by atoms with Crippen LogP contribution in [0.1, 0.15) is 19.8 Å². The van der Waals surface area contributed by atoms with Gasteiger partial charge in [0.2, 0.25) is 0 Å². The number of hydrogen-bond acceptors (Lipinski definition) is 1. The van der Waals surface area contributed by atoms with Gasteiger partial charge in [0, 0.05) is 6.42 Å². The molecular weight excluding hydrogens is 160 g/mol. The molecule has 0 amide bonds. The molecular formula is C12H16O. The molecule has 0 bridgehead atoms. The van der Waals surface area contributed by atoms with Crippen molar-refractivity contribution in [3.05, 3.63) is 43.0 Å². The van der Waals surface area contributed by atoms with Crippen LogP contribution in [0.5, 0.6) is 5.75 Å². The number of para-hydroxylation sites is 1. The SMILES string of the molecule is C=CCC(CC)Oc1ccccc1. The van der Waals surface area contributed by atoms with Crippen LogP contribution in [0.15, 0.2) is 43.0 Å². The third-order valence-electron chi connectivity index (χ3n) is 1.93. The zero-order valence-electron chi connectivity index (χ0n) is 8.07. The van der Waals surface area contributed by atoms with E-state index in [2.05, 4.69) is 13.5 Å². The van der Waals surface area contributed by atoms with Gasteiger partial charge in [-0.05, 0) is 18.6 Å². The van der Waals surface area contributed by atoms with Crippen LogP contribution in [-0.2, 0) is 0 Å². The summed E-state index contributed by atoms with van der Waals surface area (Å²) in [6.07, 6.45) is 4.09. The third kappa shape index (κ3) is 3.32. The van der Waals surface area contributed by atoms with Crippen molar-refractivity contribution in [3.63, 3.8) is 0 Å². The third-order valence-corrected chi connectivity index (χ3v) is 1.93. The molecule has 0 saturated carbocycles. The molecule has 0 heterocycles. The minimum Gasteiger partial charge on any atom is -0.490 e. The summed E-state index contributed by atoms with van der Waals surface area (Å²) >= 11 is 0. The van der Waals surface area contributed by atoms with Crippen molar-refractivity contribution in [3.8, 4) is 5.75 Å². The topological polar surface area (TPSA) is 9.23 Å². The first-order valence-electron chi connectivity index (χ1n) is 4.69. The van der Waals surface area contributed by atoms with E-state index in [4.69, 9.17) is 4.74 Å². The van der Waals surface area contributed by atoms with Gasteiger partial charge >= 0.3 is 0 Å². The van der Waals surface area contributed by atoms with E-state index in [1.54, 1.807) is 0 Å². The molecule has 1 aromatic carbocycles. The molecule has 1 aromatic rings. The summed E-state index contributed by atoms with van der Waals surface area (Å²) in [7, 11) is 0. The van der Waals surface area contributed by atoms with E-state index >= 15 is 0 Å². The van der Waals surface area contributed by atoms with Gasteiger partial charge in [-0.25, -0.2) is 0 Å². The Hall–Kier alpha value is -1.24. The predicted octanol–water partition coefficient (Wildman–Crippen LogP) is 3.42. The maximum atomic E-state index is 5.73. The highest BCUT2D eigenvalue weighted by atomic mass is 16.5. The normalized spacial score (nSPS) is 12.1. The molecule has 0 N–H and O–H groups in total. The second-order valence-electron chi connectivity index (χ2n) is 2.99. The maximum Gasteiger partial charge on any atom is 0.119 e. The Kier molecular flexibility index (Phi) is 4.10. The van der Waals surface area contributed by atoms with Crippen molar-refractivity contribution >= 4 is 0 Å². The molecule has 1 atom stereocenters. The average Bonchev–Trinajstić information content (AvgIpc) is 2.19. The van der Waals surface area contributed by atoms with E-state index in [-0.39, 0.29) is 6.10 Å². The molecule has 70 valence electrons. The number of hydrogen-bond donors (Lipinski definition) is 0. The van der Waals surface area contributed by atoms with Crippen molar-refractivity contribution in [2.45, 2.75) is 25.9 Å². The standard InChI is InChI=1S/C12H16O/c1-3-8-11(4-2)13-12-9-6-5-7-10-12/h3,5-7,9-11H,1,4,8H2,2H3. The summed E-state index contributed by atoms with van der Waals surface area (Å²) in [5.74, 6) is 0.941. The average molecular weight is 176 g/mol. The molecule has 0 aliphatic carbocycles. The quantitative estimate of drug-likeness (QED) is 0.624. The fourth-order valence-electron chi connectivity index (χ4n) is 1.18. The van der Waals surface area contributed by atoms with Gasteiger partial charge < -0.3 is 4.74 Å². The highest BCUT2D eigenvalue weighted by Gasteiger charge is 2.04. The van der Waals surface area contributed by atoms with Crippen LogP contribution >= 0.6 is 0 Å². The Labute approximate surface area is 80.0 Å². The molecule has 1 nitrogen and oxygen atoms in total. The van der Waals surface area contributed by atoms with Crippen LogP contribution in [-0.4, -0.2) is 6.10 Å². The van der Waals surface area contributed by atoms with E-state index in [0.29, 0.717) is 0 Å². The predicted molar refractivity (Wildman–Crippen MR) is 56.0 cm³/mol. The molecule has 1 unspecified atom stereocenters. The summed E-state index contributed by atoms with van der Waals surface area (Å²) in [4.78, 5) is 0. The van der Waals surface area contributed by atoms with E-state index < -0.39 is 0 Å². The van der Waals surface area contributed by atoms with Crippen LogP contribution in [0.25, 0.3) is 0 Å². The van der Waals surface area contributed by atoms with Gasteiger partial charge in [0.25, 0.3) is 0 Å². The molecule has 13 heavy (non-hydrogen) atoms. The fourth-order valence-corrected chi connectivity index (χ4v) is 1.18. The van der Waals surface area contributed by atoms with Gasteiger partial charge in [-0.2, -0.15) is 0 Å². The summed E-state index contributed by atoms with van der Waals surface area (Å²) in [5.41, 5.74) is 0. The molecule has 0 radical (unpaired) electrons. The molecule has 1 heteroatoms. The zero-order chi connectivity index (χ0) is 9.52. The summed E-state index contributed by atoms with van der Waals surface area (Å²) < 4.78 is 5.73. The first-order chi connectivity index (χ1) is 6.36. The minimum absolute atomic E-state index is 0.264. The number of benzene rings is 1. The van der Waals surface area contributed by atoms with Crippen LogP contribution < -0.4 is 4.74 Å². The molecule has 0 aliphatic heterocycles. The van der Waals surface area contributed by atoms with Crippen molar-refractivity contribution in [2.75, 3.05) is 0 Å². The van der Waals surface area contributed by atoms with E-state index in [1.165, 1.54) is 0 Å². The van der Waals surface area contributed by atoms with Gasteiger partial charge in [-0.1, -0.05) is 31.2 Å². The maximum absolute atomic E-state index is 5.73. The molecule has 0 aromatic heterocycles. The lowest BCUT2D eigenvalue weighted by Crippen LogP contribution is -2.13. The first-order valence-corrected chi connectivity index (χ1v) is 4.69. The Morgan fingerprint density at radius 2 is 2.08 bits per heavy atom. The minimum atomic E-state index is 0.264. The van der Waals surface area contributed by atoms with Gasteiger partial charge in [-0.3, -0.25) is 0 Å². The van der Waals surface area contributed by atoms with Crippen LogP contribution in [0.2, 0.25) is 0 Å². The lowest BCUT2D eigenvalue weighted by Gasteiger charge is -2.15. The lowest BCUT2D eigenvalue weighted by molar-refractivity contribution is 0.200.